The van der Waals surface area contributed by atoms with Gasteiger partial charge in [-0.15, -0.1) is 5.11 Å². The molecule has 150 valence electrons. The summed E-state index contributed by atoms with van der Waals surface area (Å²) in [6.07, 6.45) is 3.11. The van der Waals surface area contributed by atoms with Gasteiger partial charge in [-0.05, 0) is 13.3 Å². The lowest BCUT2D eigenvalue weighted by atomic mass is 10.1. The molecule has 0 aromatic rings. The van der Waals surface area contributed by atoms with Gasteiger partial charge in [0.15, 0.2) is 11.9 Å². The van der Waals surface area contributed by atoms with Crippen LogP contribution < -0.4 is 5.32 Å². The second-order valence-electron chi connectivity index (χ2n) is 5.60. The molecule has 0 saturated carbocycles. The van der Waals surface area contributed by atoms with E-state index in [1.807, 2.05) is 6.92 Å². The summed E-state index contributed by atoms with van der Waals surface area (Å²) in [5.41, 5.74) is -0.0301. The Kier molecular flexibility index (Phi) is 8.79. The van der Waals surface area contributed by atoms with E-state index < -0.39 is 24.4 Å². The lowest BCUT2D eigenvalue weighted by Gasteiger charge is -2.33. The van der Waals surface area contributed by atoms with Crippen LogP contribution in [0.1, 0.15) is 20.3 Å². The molecule has 4 unspecified atom stereocenters. The van der Waals surface area contributed by atoms with Gasteiger partial charge in [0.25, 0.3) is 5.91 Å². The average Bonchev–Trinajstić information content (AvgIpc) is 2.95. The first-order chi connectivity index (χ1) is 12.8. The van der Waals surface area contributed by atoms with Crippen molar-refractivity contribution in [1.82, 2.24) is 10.2 Å². The third-order valence-electron chi connectivity index (χ3n) is 3.93. The van der Waals surface area contributed by atoms with Crippen molar-refractivity contribution in [2.75, 3.05) is 14.2 Å². The summed E-state index contributed by atoms with van der Waals surface area (Å²) in [7, 11) is 2.95. The molecule has 2 aliphatic rings. The summed E-state index contributed by atoms with van der Waals surface area (Å²) in [4.78, 5) is 22.9. The molecule has 0 spiro atoms. The average molecular weight is 382 g/mol. The van der Waals surface area contributed by atoms with Gasteiger partial charge < -0.3 is 29.9 Å². The minimum absolute atomic E-state index is 0.0301. The molecule has 0 radical (unpaired) electrons. The second kappa shape index (κ2) is 10.6. The number of carbonyl (C=O) groups is 2. The number of methoxy groups -OCH3 is 1. The molecule has 0 aliphatic carbocycles. The van der Waals surface area contributed by atoms with Gasteiger partial charge >= 0.3 is 5.97 Å². The maximum Gasteiger partial charge on any atom is 0.356 e. The lowest BCUT2D eigenvalue weighted by molar-refractivity contribution is -0.132. The number of hydrogen-bond donors (Lipinski definition) is 3. The van der Waals surface area contributed by atoms with E-state index in [0.717, 1.165) is 0 Å². The lowest BCUT2D eigenvalue weighted by Crippen LogP contribution is -2.47. The van der Waals surface area contributed by atoms with Gasteiger partial charge in [-0.25, -0.2) is 4.79 Å². The fourth-order valence-corrected chi connectivity index (χ4v) is 2.59. The number of amides is 1. The van der Waals surface area contributed by atoms with Crippen LogP contribution >= 0.6 is 0 Å². The Hall–Kier alpha value is -2.56. The van der Waals surface area contributed by atoms with Gasteiger partial charge in [-0.2, -0.15) is 5.11 Å². The zero-order chi connectivity index (χ0) is 20.6. The molecular weight excluding hydrogens is 356 g/mol. The SMILES string of the molecule is C/C=C(\N=NC)C(=O)O.C=C1NC(=O)C=CN1C1OC(CC)C(O)C1OC. The second-order valence-corrected chi connectivity index (χ2v) is 5.60. The normalized spacial score (nSPS) is 28.2. The largest absolute Gasteiger partial charge is 0.476 e. The number of nitrogens with one attached hydrogen (secondary N) is 1. The van der Waals surface area contributed by atoms with Crippen LogP contribution in [-0.2, 0) is 19.1 Å². The Labute approximate surface area is 157 Å². The van der Waals surface area contributed by atoms with E-state index >= 15 is 0 Å². The highest BCUT2D eigenvalue weighted by molar-refractivity contribution is 5.89. The number of hydrogen-bond acceptors (Lipinski definition) is 8. The van der Waals surface area contributed by atoms with Gasteiger partial charge in [0, 0.05) is 26.4 Å². The molecule has 0 aromatic carbocycles. The predicted octanol–water partition coefficient (Wildman–Crippen LogP) is 0.971. The Morgan fingerprint density at radius 2 is 2.22 bits per heavy atom. The molecular formula is C17H26N4O6. The number of carboxylic acid groups (broad SMARTS) is 1. The van der Waals surface area contributed by atoms with Crippen molar-refractivity contribution >= 4 is 11.9 Å². The standard InChI is InChI=1S/C12H18N2O4.C5H8N2O2/c1-4-8-10(16)11(17-3)12(18-8)14-6-5-9(15)13-7(14)2;1-3-4(5(8)9)7-6-2/h5-6,8,10-12,16H,2,4H2,1,3H3,(H,13,15);3H,1-2H3,(H,8,9)/b;4-3-,7-6?. The van der Waals surface area contributed by atoms with E-state index in [-0.39, 0.29) is 17.7 Å². The highest BCUT2D eigenvalue weighted by Gasteiger charge is 2.46. The Balaban J connectivity index is 0.000000345. The van der Waals surface area contributed by atoms with E-state index in [4.69, 9.17) is 14.6 Å². The van der Waals surface area contributed by atoms with E-state index in [2.05, 4.69) is 22.1 Å². The van der Waals surface area contributed by atoms with Gasteiger partial charge in [0.1, 0.15) is 18.0 Å². The summed E-state index contributed by atoms with van der Waals surface area (Å²) in [6, 6.07) is 0. The van der Waals surface area contributed by atoms with Gasteiger partial charge in [0.2, 0.25) is 0 Å². The predicted molar refractivity (Wildman–Crippen MR) is 96.2 cm³/mol. The van der Waals surface area contributed by atoms with Crippen molar-refractivity contribution in [2.45, 2.75) is 44.8 Å². The van der Waals surface area contributed by atoms with E-state index in [1.54, 1.807) is 18.0 Å². The molecule has 0 aromatic heterocycles. The first kappa shape index (κ1) is 22.5. The van der Waals surface area contributed by atoms with Crippen LogP contribution in [0.4, 0.5) is 0 Å². The molecule has 2 rings (SSSR count). The number of allylic oxidation sites excluding steroid dienone is 1. The number of carboxylic acids is 1. The van der Waals surface area contributed by atoms with Crippen LogP contribution in [0.15, 0.2) is 46.7 Å². The quantitative estimate of drug-likeness (QED) is 0.476. The Morgan fingerprint density at radius 3 is 2.63 bits per heavy atom. The van der Waals surface area contributed by atoms with Crippen molar-refractivity contribution in [3.05, 3.63) is 36.4 Å². The van der Waals surface area contributed by atoms with Crippen LogP contribution in [0, 0.1) is 0 Å². The van der Waals surface area contributed by atoms with Crippen LogP contribution in [0.5, 0.6) is 0 Å². The van der Waals surface area contributed by atoms with Gasteiger partial charge in [-0.1, -0.05) is 19.6 Å². The van der Waals surface area contributed by atoms with Crippen molar-refractivity contribution in [3.8, 4) is 0 Å². The highest BCUT2D eigenvalue weighted by Crippen LogP contribution is 2.30. The molecule has 1 fully saturated rings. The highest BCUT2D eigenvalue weighted by atomic mass is 16.6. The number of ether oxygens (including phenoxy) is 2. The molecule has 3 N–H and O–H groups in total. The molecule has 1 amide bonds. The summed E-state index contributed by atoms with van der Waals surface area (Å²) in [5.74, 6) is -0.864. The Morgan fingerprint density at radius 1 is 1.56 bits per heavy atom. The monoisotopic (exact) mass is 382 g/mol. The molecule has 4 atom stereocenters. The zero-order valence-electron chi connectivity index (χ0n) is 15.8. The third kappa shape index (κ3) is 5.71. The molecule has 0 bridgehead atoms. The van der Waals surface area contributed by atoms with Gasteiger partial charge in [-0.3, -0.25) is 4.79 Å². The molecule has 1 saturated heterocycles. The smallest absolute Gasteiger partial charge is 0.356 e. The van der Waals surface area contributed by atoms with Crippen LogP contribution in [0.2, 0.25) is 0 Å². The van der Waals surface area contributed by atoms with Crippen molar-refractivity contribution in [1.29, 1.82) is 0 Å². The molecule has 10 nitrogen and oxygen atoms in total. The number of aliphatic hydroxyl groups is 1. The van der Waals surface area contributed by atoms with Crippen LogP contribution in [0.3, 0.4) is 0 Å². The zero-order valence-corrected chi connectivity index (χ0v) is 15.8. The first-order valence-corrected chi connectivity index (χ1v) is 8.32. The molecule has 10 heteroatoms. The van der Waals surface area contributed by atoms with Crippen molar-refractivity contribution in [2.24, 2.45) is 10.2 Å². The number of azo groups is 1. The summed E-state index contributed by atoms with van der Waals surface area (Å²) in [5, 5.41) is 27.6. The number of rotatable bonds is 5. The van der Waals surface area contributed by atoms with Crippen molar-refractivity contribution < 1.29 is 29.3 Å². The number of aliphatic hydroxyl groups excluding tert-OH is 1. The minimum Gasteiger partial charge on any atom is -0.476 e. The van der Waals surface area contributed by atoms with E-state index in [9.17, 15) is 14.7 Å². The number of carbonyl (C=O) groups excluding carboxylic acids is 1. The fraction of sp³-hybridized carbons (Fsp3) is 0.529. The first-order valence-electron chi connectivity index (χ1n) is 8.32. The number of aliphatic carboxylic acids is 1. The maximum absolute atomic E-state index is 11.2. The van der Waals surface area contributed by atoms with Crippen molar-refractivity contribution in [3.63, 3.8) is 0 Å². The topological polar surface area (TPSA) is 133 Å². The molecule has 2 aliphatic heterocycles. The summed E-state index contributed by atoms with van der Waals surface area (Å²) >= 11 is 0. The van der Waals surface area contributed by atoms with Gasteiger partial charge in [0.05, 0.1) is 6.10 Å². The fourth-order valence-electron chi connectivity index (χ4n) is 2.59. The van der Waals surface area contributed by atoms with Crippen LogP contribution in [-0.4, -0.2) is 65.7 Å². The maximum atomic E-state index is 11.2. The minimum atomic E-state index is -1.05. The van der Waals surface area contributed by atoms with Crippen LogP contribution in [0.25, 0.3) is 0 Å². The number of nitrogens with zero attached hydrogens (tertiary/aromatic N) is 3. The summed E-state index contributed by atoms with van der Waals surface area (Å²) < 4.78 is 11.1. The van der Waals surface area contributed by atoms with E-state index in [0.29, 0.717) is 12.2 Å². The third-order valence-corrected chi connectivity index (χ3v) is 3.93. The summed E-state index contributed by atoms with van der Waals surface area (Å²) in [6.45, 7) is 7.29. The molecule has 2 heterocycles. The van der Waals surface area contributed by atoms with E-state index in [1.165, 1.54) is 26.3 Å². The Bertz CT molecular complexity index is 645. The molecule has 27 heavy (non-hydrogen) atoms.